The summed E-state index contributed by atoms with van der Waals surface area (Å²) in [7, 11) is 0. The summed E-state index contributed by atoms with van der Waals surface area (Å²) in [4.78, 5) is 31.6. The number of halogens is 2. The number of nitrogens with one attached hydrogen (secondary N) is 1. The molecule has 0 unspecified atom stereocenters. The lowest BCUT2D eigenvalue weighted by Gasteiger charge is -2.11. The van der Waals surface area contributed by atoms with Gasteiger partial charge in [0.15, 0.2) is 0 Å². The third-order valence-corrected chi connectivity index (χ3v) is 6.03. The number of anilines is 1. The van der Waals surface area contributed by atoms with Crippen molar-refractivity contribution in [1.82, 2.24) is 9.55 Å². The van der Waals surface area contributed by atoms with E-state index in [0.29, 0.717) is 31.8 Å². The minimum absolute atomic E-state index is 0.164. The number of hydrogen-bond acceptors (Lipinski definition) is 4. The first-order chi connectivity index (χ1) is 13.9. The molecule has 4 rings (SSSR count). The molecule has 2 aromatic carbocycles. The van der Waals surface area contributed by atoms with E-state index in [0.717, 1.165) is 10.4 Å². The molecule has 0 bridgehead atoms. The molecule has 0 aliphatic heterocycles. The summed E-state index contributed by atoms with van der Waals surface area (Å²) >= 11 is 13.4. The van der Waals surface area contributed by atoms with Crippen LogP contribution in [0.4, 0.5) is 5.69 Å². The third kappa shape index (κ3) is 4.05. The first-order valence-electron chi connectivity index (χ1n) is 8.73. The van der Waals surface area contributed by atoms with Crippen LogP contribution in [0.25, 0.3) is 20.7 Å². The second kappa shape index (κ2) is 7.99. The molecule has 0 aliphatic carbocycles. The van der Waals surface area contributed by atoms with Crippen LogP contribution in [0.5, 0.6) is 0 Å². The molecule has 0 radical (unpaired) electrons. The molecule has 4 aromatic rings. The van der Waals surface area contributed by atoms with E-state index < -0.39 is 0 Å². The molecule has 0 aliphatic rings. The van der Waals surface area contributed by atoms with Crippen molar-refractivity contribution in [2.24, 2.45) is 0 Å². The summed E-state index contributed by atoms with van der Waals surface area (Å²) < 4.78 is 1.36. The van der Waals surface area contributed by atoms with Gasteiger partial charge in [0, 0.05) is 9.90 Å². The number of rotatable bonds is 4. The molecule has 1 amide bonds. The molecule has 0 atom stereocenters. The van der Waals surface area contributed by atoms with Gasteiger partial charge in [-0.1, -0.05) is 53.5 Å². The molecule has 0 spiro atoms. The number of carbonyl (C=O) groups excluding carboxylic acids is 1. The molecular formula is C21H15Cl2N3O2S. The molecule has 146 valence electrons. The lowest BCUT2D eigenvalue weighted by molar-refractivity contribution is -0.116. The summed E-state index contributed by atoms with van der Waals surface area (Å²) in [6.45, 7) is 1.55. The summed E-state index contributed by atoms with van der Waals surface area (Å²) in [6.07, 6.45) is 0. The quantitative estimate of drug-likeness (QED) is 0.460. The number of fused-ring (bicyclic) bond motifs is 1. The van der Waals surface area contributed by atoms with Gasteiger partial charge in [0.2, 0.25) is 5.91 Å². The Morgan fingerprint density at radius 3 is 2.62 bits per heavy atom. The van der Waals surface area contributed by atoms with Crippen LogP contribution in [0.3, 0.4) is 0 Å². The molecule has 1 N–H and O–H groups in total. The van der Waals surface area contributed by atoms with E-state index in [4.69, 9.17) is 23.2 Å². The van der Waals surface area contributed by atoms with E-state index in [1.165, 1.54) is 15.9 Å². The van der Waals surface area contributed by atoms with Crippen molar-refractivity contribution < 1.29 is 4.79 Å². The van der Waals surface area contributed by atoms with E-state index in [1.54, 1.807) is 25.1 Å². The Hall–Kier alpha value is -2.67. The van der Waals surface area contributed by atoms with Crippen LogP contribution < -0.4 is 10.9 Å². The average Bonchev–Trinajstić information content (AvgIpc) is 3.12. The molecule has 2 aromatic heterocycles. The average molecular weight is 444 g/mol. The topological polar surface area (TPSA) is 64.0 Å². The van der Waals surface area contributed by atoms with Crippen molar-refractivity contribution >= 4 is 56.3 Å². The highest BCUT2D eigenvalue weighted by molar-refractivity contribution is 7.21. The fourth-order valence-corrected chi connectivity index (χ4v) is 4.50. The minimum Gasteiger partial charge on any atom is -0.323 e. The Kier molecular flexibility index (Phi) is 5.41. The maximum Gasteiger partial charge on any atom is 0.262 e. The van der Waals surface area contributed by atoms with Gasteiger partial charge in [-0.05, 0) is 36.8 Å². The maximum atomic E-state index is 13.0. The highest BCUT2D eigenvalue weighted by Crippen LogP contribution is 2.31. The van der Waals surface area contributed by atoms with Crippen LogP contribution >= 0.6 is 34.5 Å². The van der Waals surface area contributed by atoms with Crippen molar-refractivity contribution in [3.8, 4) is 10.4 Å². The normalized spacial score (nSPS) is 11.0. The van der Waals surface area contributed by atoms with Gasteiger partial charge >= 0.3 is 0 Å². The minimum atomic E-state index is -0.376. The van der Waals surface area contributed by atoms with Crippen molar-refractivity contribution in [2.45, 2.75) is 13.5 Å². The predicted molar refractivity (Wildman–Crippen MR) is 119 cm³/mol. The zero-order valence-electron chi connectivity index (χ0n) is 15.3. The van der Waals surface area contributed by atoms with Crippen molar-refractivity contribution in [3.05, 3.63) is 80.8 Å². The van der Waals surface area contributed by atoms with Crippen LogP contribution in [-0.4, -0.2) is 15.5 Å². The van der Waals surface area contributed by atoms with E-state index in [-0.39, 0.29) is 18.0 Å². The summed E-state index contributed by atoms with van der Waals surface area (Å²) in [5, 5.41) is 4.00. The fourth-order valence-electron chi connectivity index (χ4n) is 2.97. The largest absolute Gasteiger partial charge is 0.323 e. The molecule has 0 saturated carbocycles. The van der Waals surface area contributed by atoms with E-state index >= 15 is 0 Å². The monoisotopic (exact) mass is 443 g/mol. The second-order valence-electron chi connectivity index (χ2n) is 6.42. The molecule has 8 heteroatoms. The number of amides is 1. The van der Waals surface area contributed by atoms with E-state index in [9.17, 15) is 9.59 Å². The Morgan fingerprint density at radius 2 is 1.90 bits per heavy atom. The number of thiophene rings is 1. The molecule has 0 fully saturated rings. The van der Waals surface area contributed by atoms with Crippen LogP contribution in [0.2, 0.25) is 10.0 Å². The molecule has 2 heterocycles. The fraction of sp³-hybridized carbons (Fsp3) is 0.0952. The second-order valence-corrected chi connectivity index (χ2v) is 8.29. The smallest absolute Gasteiger partial charge is 0.262 e. The zero-order chi connectivity index (χ0) is 20.5. The Balaban J connectivity index is 1.65. The number of aromatic nitrogens is 2. The van der Waals surface area contributed by atoms with Gasteiger partial charge in [-0.15, -0.1) is 11.3 Å². The molecule has 5 nitrogen and oxygen atoms in total. The van der Waals surface area contributed by atoms with E-state index in [2.05, 4.69) is 10.3 Å². The Labute approximate surface area is 180 Å². The number of nitrogens with zero attached hydrogens (tertiary/aromatic N) is 2. The van der Waals surface area contributed by atoms with Gasteiger partial charge < -0.3 is 5.32 Å². The number of aryl methyl sites for hydroxylation is 1. The summed E-state index contributed by atoms with van der Waals surface area (Å²) in [5.41, 5.74) is 1.21. The van der Waals surface area contributed by atoms with Crippen molar-refractivity contribution in [2.75, 3.05) is 5.32 Å². The predicted octanol–water partition coefficient (Wildman–Crippen LogP) is 5.38. The van der Waals surface area contributed by atoms with Gasteiger partial charge in [-0.2, -0.15) is 0 Å². The standard InChI is InChI=1S/C21H15Cl2N3O2S/c1-12-24-20-15(10-18(29-20)13-5-3-2-4-6-13)21(28)26(12)11-19(27)25-17-8-7-14(22)9-16(17)23/h2-10H,11H2,1H3,(H,25,27). The number of benzene rings is 2. The molecule has 29 heavy (non-hydrogen) atoms. The summed E-state index contributed by atoms with van der Waals surface area (Å²) in [6, 6.07) is 16.4. The molecular weight excluding hydrogens is 429 g/mol. The highest BCUT2D eigenvalue weighted by Gasteiger charge is 2.15. The number of carbonyl (C=O) groups is 1. The van der Waals surface area contributed by atoms with Gasteiger partial charge in [-0.25, -0.2) is 4.98 Å². The Morgan fingerprint density at radius 1 is 1.14 bits per heavy atom. The van der Waals surface area contributed by atoms with Crippen LogP contribution in [-0.2, 0) is 11.3 Å². The summed E-state index contributed by atoms with van der Waals surface area (Å²) in [5.74, 6) is 0.0976. The molecule has 0 saturated heterocycles. The lowest BCUT2D eigenvalue weighted by Crippen LogP contribution is -2.29. The first-order valence-corrected chi connectivity index (χ1v) is 10.3. The lowest BCUT2D eigenvalue weighted by atomic mass is 10.2. The van der Waals surface area contributed by atoms with Gasteiger partial charge in [0.05, 0.1) is 16.1 Å². The number of hydrogen-bond donors (Lipinski definition) is 1. The first kappa shape index (κ1) is 19.6. The Bertz CT molecular complexity index is 1280. The zero-order valence-corrected chi connectivity index (χ0v) is 17.6. The SMILES string of the molecule is Cc1nc2sc(-c3ccccc3)cc2c(=O)n1CC(=O)Nc1ccc(Cl)cc1Cl. The third-order valence-electron chi connectivity index (χ3n) is 4.41. The van der Waals surface area contributed by atoms with Crippen LogP contribution in [0, 0.1) is 6.92 Å². The van der Waals surface area contributed by atoms with Crippen molar-refractivity contribution in [1.29, 1.82) is 0 Å². The van der Waals surface area contributed by atoms with E-state index in [1.807, 2.05) is 36.4 Å². The van der Waals surface area contributed by atoms with Crippen molar-refractivity contribution in [3.63, 3.8) is 0 Å². The van der Waals surface area contributed by atoms with Gasteiger partial charge in [-0.3, -0.25) is 14.2 Å². The highest BCUT2D eigenvalue weighted by atomic mass is 35.5. The van der Waals surface area contributed by atoms with Gasteiger partial charge in [0.1, 0.15) is 17.2 Å². The maximum absolute atomic E-state index is 13.0. The van der Waals surface area contributed by atoms with Gasteiger partial charge in [0.25, 0.3) is 5.56 Å². The van der Waals surface area contributed by atoms with Crippen LogP contribution in [0.1, 0.15) is 5.82 Å². The van der Waals surface area contributed by atoms with Crippen LogP contribution in [0.15, 0.2) is 59.4 Å².